The predicted octanol–water partition coefficient (Wildman–Crippen LogP) is 4.54. The maximum absolute atomic E-state index is 6.46. The number of hydrogen-bond acceptors (Lipinski definition) is 5. The van der Waals surface area contributed by atoms with Crippen LogP contribution in [0.25, 0.3) is 0 Å². The van der Waals surface area contributed by atoms with Crippen LogP contribution in [0.4, 0.5) is 0 Å². The van der Waals surface area contributed by atoms with Crippen LogP contribution < -0.4 is 14.9 Å². The van der Waals surface area contributed by atoms with Crippen molar-refractivity contribution in [1.82, 2.24) is 14.9 Å². The Bertz CT molecular complexity index is 1000. The quantitative estimate of drug-likeness (QED) is 0.566. The predicted molar refractivity (Wildman–Crippen MR) is 109 cm³/mol. The number of rotatable bonds is 7. The summed E-state index contributed by atoms with van der Waals surface area (Å²) in [6, 6.07) is 11.8. The lowest BCUT2D eigenvalue weighted by Crippen LogP contribution is -2.16. The summed E-state index contributed by atoms with van der Waals surface area (Å²) in [6.07, 6.45) is 0. The van der Waals surface area contributed by atoms with Gasteiger partial charge < -0.3 is 14.9 Å². The summed E-state index contributed by atoms with van der Waals surface area (Å²) in [5.41, 5.74) is 6.41. The molecule has 0 amide bonds. The van der Waals surface area contributed by atoms with E-state index in [2.05, 4.69) is 28.6 Å². The van der Waals surface area contributed by atoms with Crippen molar-refractivity contribution in [3.05, 3.63) is 68.7 Å². The maximum atomic E-state index is 6.46. The lowest BCUT2D eigenvalue weighted by molar-refractivity contribution is 0.284. The number of methoxy groups -OCH3 is 1. The summed E-state index contributed by atoms with van der Waals surface area (Å²) in [7, 11) is 1.60. The average molecular weight is 405 g/mol. The maximum Gasteiger partial charge on any atom is 0.214 e. The number of nitrogens with zero attached hydrogens (tertiary/aromatic N) is 2. The minimum absolute atomic E-state index is 0.420. The van der Waals surface area contributed by atoms with E-state index in [1.54, 1.807) is 11.8 Å². The Hall–Kier alpha value is -2.51. The van der Waals surface area contributed by atoms with Crippen LogP contribution in [0.3, 0.4) is 0 Å². The summed E-state index contributed by atoms with van der Waals surface area (Å²) < 4.78 is 13.7. The van der Waals surface area contributed by atoms with Gasteiger partial charge in [0, 0.05) is 0 Å². The van der Waals surface area contributed by atoms with Crippen LogP contribution in [0.1, 0.15) is 22.5 Å². The van der Waals surface area contributed by atoms with Gasteiger partial charge in [0.25, 0.3) is 0 Å². The molecule has 2 N–H and O–H groups in total. The fourth-order valence-corrected chi connectivity index (χ4v) is 3.20. The Morgan fingerprint density at radius 2 is 2.04 bits per heavy atom. The number of aromatic amines is 1. The zero-order valence-electron chi connectivity index (χ0n) is 15.4. The molecular weight excluding hydrogens is 384 g/mol. The highest BCUT2D eigenvalue weighted by Gasteiger charge is 2.13. The third-order valence-corrected chi connectivity index (χ3v) is 4.76. The molecule has 0 aliphatic rings. The fraction of sp³-hybridized carbons (Fsp3) is 0.263. The fourth-order valence-electron chi connectivity index (χ4n) is 2.67. The molecule has 3 rings (SSSR count). The van der Waals surface area contributed by atoms with Gasteiger partial charge in [-0.15, -0.1) is 0 Å². The second kappa shape index (κ2) is 8.45. The first-order chi connectivity index (χ1) is 13.0. The highest BCUT2D eigenvalue weighted by atomic mass is 35.5. The summed E-state index contributed by atoms with van der Waals surface area (Å²) in [5.74, 6) is 1.86. The van der Waals surface area contributed by atoms with E-state index in [-0.39, 0.29) is 0 Å². The van der Waals surface area contributed by atoms with Crippen LogP contribution in [0.5, 0.6) is 11.5 Å². The molecule has 0 saturated heterocycles. The Morgan fingerprint density at radius 3 is 2.70 bits per heavy atom. The van der Waals surface area contributed by atoms with Crippen LogP contribution in [-0.4, -0.2) is 22.0 Å². The molecule has 0 bridgehead atoms. The molecule has 142 valence electrons. The number of benzene rings is 2. The van der Waals surface area contributed by atoms with Crippen LogP contribution in [-0.2, 0) is 13.2 Å². The summed E-state index contributed by atoms with van der Waals surface area (Å²) in [6.45, 7) is 4.83. The van der Waals surface area contributed by atoms with Crippen molar-refractivity contribution in [2.75, 3.05) is 12.5 Å². The molecule has 2 aromatic carbocycles. The highest BCUT2D eigenvalue weighted by molar-refractivity contribution is 7.71. The number of aryl methyl sites for hydroxylation is 2. The van der Waals surface area contributed by atoms with Gasteiger partial charge in [-0.1, -0.05) is 35.9 Å². The SMILES string of the molecule is COc1cc(CNn2c(C)n[nH]c2=S)cc(Cl)c1OCc1ccccc1C. The minimum Gasteiger partial charge on any atom is -0.493 e. The molecule has 27 heavy (non-hydrogen) atoms. The molecule has 1 aromatic heterocycles. The molecule has 1 heterocycles. The Balaban J connectivity index is 1.76. The largest absolute Gasteiger partial charge is 0.493 e. The van der Waals surface area contributed by atoms with Crippen molar-refractivity contribution >= 4 is 23.8 Å². The number of hydrogen-bond donors (Lipinski definition) is 2. The van der Waals surface area contributed by atoms with Gasteiger partial charge in [0.2, 0.25) is 4.77 Å². The number of halogens is 1. The first kappa shape index (κ1) is 19.3. The van der Waals surface area contributed by atoms with Gasteiger partial charge in [0.1, 0.15) is 12.4 Å². The summed E-state index contributed by atoms with van der Waals surface area (Å²) in [5, 5.41) is 7.29. The molecule has 0 aliphatic heterocycles. The van der Waals surface area contributed by atoms with Crippen molar-refractivity contribution in [2.24, 2.45) is 0 Å². The first-order valence-corrected chi connectivity index (χ1v) is 9.20. The number of H-pyrrole nitrogens is 1. The van der Waals surface area contributed by atoms with Crippen LogP contribution >= 0.6 is 23.8 Å². The second-order valence-electron chi connectivity index (χ2n) is 6.07. The lowest BCUT2D eigenvalue weighted by atomic mass is 10.1. The van der Waals surface area contributed by atoms with Gasteiger partial charge in [-0.05, 0) is 54.9 Å². The van der Waals surface area contributed by atoms with Crippen molar-refractivity contribution in [2.45, 2.75) is 27.0 Å². The number of aromatic nitrogens is 3. The molecule has 8 heteroatoms. The molecular formula is C19H21ClN4O2S. The third-order valence-electron chi connectivity index (χ3n) is 4.20. The Morgan fingerprint density at radius 1 is 1.26 bits per heavy atom. The van der Waals surface area contributed by atoms with E-state index in [1.807, 2.05) is 37.3 Å². The normalized spacial score (nSPS) is 10.7. The van der Waals surface area contributed by atoms with Crippen molar-refractivity contribution in [3.63, 3.8) is 0 Å². The van der Waals surface area contributed by atoms with Crippen LogP contribution in [0, 0.1) is 18.6 Å². The van der Waals surface area contributed by atoms with Gasteiger partial charge in [-0.3, -0.25) is 5.10 Å². The highest BCUT2D eigenvalue weighted by Crippen LogP contribution is 2.37. The van der Waals surface area contributed by atoms with Crippen molar-refractivity contribution in [1.29, 1.82) is 0 Å². The monoisotopic (exact) mass is 404 g/mol. The van der Waals surface area contributed by atoms with Crippen LogP contribution in [0.15, 0.2) is 36.4 Å². The molecule has 0 saturated carbocycles. The van der Waals surface area contributed by atoms with E-state index in [4.69, 9.17) is 33.3 Å². The zero-order valence-corrected chi connectivity index (χ0v) is 16.9. The van der Waals surface area contributed by atoms with Crippen molar-refractivity contribution < 1.29 is 9.47 Å². The first-order valence-electron chi connectivity index (χ1n) is 8.41. The number of ether oxygens (including phenoxy) is 2. The second-order valence-corrected chi connectivity index (χ2v) is 6.86. The Kier molecular flexibility index (Phi) is 6.03. The zero-order chi connectivity index (χ0) is 19.4. The summed E-state index contributed by atoms with van der Waals surface area (Å²) >= 11 is 11.7. The molecule has 0 fully saturated rings. The molecule has 6 nitrogen and oxygen atoms in total. The molecule has 3 aromatic rings. The molecule has 0 spiro atoms. The molecule has 0 atom stereocenters. The van der Waals surface area contributed by atoms with Gasteiger partial charge in [-0.25, -0.2) is 4.68 Å². The van der Waals surface area contributed by atoms with E-state index in [0.29, 0.717) is 34.4 Å². The van der Waals surface area contributed by atoms with Gasteiger partial charge in [0.05, 0.1) is 18.7 Å². The van der Waals surface area contributed by atoms with Gasteiger partial charge in [0.15, 0.2) is 11.5 Å². The number of nitrogens with one attached hydrogen (secondary N) is 2. The Labute approximate surface area is 168 Å². The molecule has 0 unspecified atom stereocenters. The van der Waals surface area contributed by atoms with Gasteiger partial charge >= 0.3 is 0 Å². The standard InChI is InChI=1S/C19H21ClN4O2S/c1-12-6-4-5-7-15(12)11-26-18-16(20)8-14(9-17(18)25-3)10-21-24-13(2)22-23-19(24)27/h4-9,21H,10-11H2,1-3H3,(H,23,27). The van der Waals surface area contributed by atoms with Gasteiger partial charge in [-0.2, -0.15) is 5.10 Å². The topological polar surface area (TPSA) is 64.1 Å². The smallest absolute Gasteiger partial charge is 0.214 e. The van der Waals surface area contributed by atoms with Crippen LogP contribution in [0.2, 0.25) is 5.02 Å². The van der Waals surface area contributed by atoms with E-state index in [1.165, 1.54) is 5.56 Å². The minimum atomic E-state index is 0.420. The van der Waals surface area contributed by atoms with Crippen molar-refractivity contribution in [3.8, 4) is 11.5 Å². The third kappa shape index (κ3) is 4.43. The molecule has 0 radical (unpaired) electrons. The average Bonchev–Trinajstić information content (AvgIpc) is 2.97. The summed E-state index contributed by atoms with van der Waals surface area (Å²) in [4.78, 5) is 0. The molecule has 0 aliphatic carbocycles. The van der Waals surface area contributed by atoms with E-state index < -0.39 is 0 Å². The van der Waals surface area contributed by atoms with E-state index in [0.717, 1.165) is 17.0 Å². The van der Waals surface area contributed by atoms with E-state index >= 15 is 0 Å². The lowest BCUT2D eigenvalue weighted by Gasteiger charge is -2.16. The van der Waals surface area contributed by atoms with E-state index in [9.17, 15) is 0 Å².